The van der Waals surface area contributed by atoms with E-state index in [-0.39, 0.29) is 10.6 Å². The van der Waals surface area contributed by atoms with Crippen LogP contribution in [-0.2, 0) is 10.0 Å². The summed E-state index contributed by atoms with van der Waals surface area (Å²) in [5.41, 5.74) is 0.309. The number of rotatable bonds is 6. The summed E-state index contributed by atoms with van der Waals surface area (Å²) < 4.78 is 34.0. The monoisotopic (exact) mass is 497 g/mol. The van der Waals surface area contributed by atoms with Gasteiger partial charge in [0.05, 0.1) is 9.82 Å². The van der Waals surface area contributed by atoms with Crippen molar-refractivity contribution in [2.75, 3.05) is 26.2 Å². The zero-order valence-corrected chi connectivity index (χ0v) is 20.5. The molecule has 0 radical (unpaired) electrons. The zero-order valence-electron chi connectivity index (χ0n) is 19.7. The number of nitrogens with zero attached hydrogens (tertiary/aromatic N) is 3. The third-order valence-corrected chi connectivity index (χ3v) is 10.6. The molecule has 0 amide bonds. The molecule has 5 aliphatic rings. The Labute approximate surface area is 206 Å². The van der Waals surface area contributed by atoms with Gasteiger partial charge in [-0.15, -0.1) is 0 Å². The van der Waals surface area contributed by atoms with Crippen LogP contribution in [0.5, 0.6) is 11.5 Å². The summed E-state index contributed by atoms with van der Waals surface area (Å²) in [6.07, 6.45) is 8.17. The van der Waals surface area contributed by atoms with Gasteiger partial charge in [0.1, 0.15) is 11.5 Å². The summed E-state index contributed by atoms with van der Waals surface area (Å²) in [7, 11) is -3.57. The Morgan fingerprint density at radius 3 is 1.77 bits per heavy atom. The van der Waals surface area contributed by atoms with E-state index in [1.807, 2.05) is 0 Å². The number of ether oxygens (including phenoxy) is 1. The second-order valence-corrected chi connectivity index (χ2v) is 12.8. The highest BCUT2D eigenvalue weighted by Gasteiger charge is 2.53. The van der Waals surface area contributed by atoms with Crippen LogP contribution in [0.4, 0.5) is 5.69 Å². The van der Waals surface area contributed by atoms with Gasteiger partial charge in [0.15, 0.2) is 0 Å². The van der Waals surface area contributed by atoms with E-state index >= 15 is 0 Å². The van der Waals surface area contributed by atoms with Crippen LogP contribution >= 0.6 is 0 Å². The average Bonchev–Trinajstić information content (AvgIpc) is 2.84. The first kappa shape index (κ1) is 22.9. The van der Waals surface area contributed by atoms with Crippen molar-refractivity contribution < 1.29 is 18.1 Å². The topological polar surface area (TPSA) is 93.0 Å². The van der Waals surface area contributed by atoms with Crippen molar-refractivity contribution in [3.63, 3.8) is 0 Å². The van der Waals surface area contributed by atoms with Gasteiger partial charge in [-0.25, -0.2) is 8.42 Å². The summed E-state index contributed by atoms with van der Waals surface area (Å²) in [5.74, 6) is 3.58. The van der Waals surface area contributed by atoms with Gasteiger partial charge in [0, 0.05) is 43.9 Å². The maximum Gasteiger partial charge on any atom is 0.269 e. The summed E-state index contributed by atoms with van der Waals surface area (Å²) in [6.45, 7) is 2.69. The largest absolute Gasteiger partial charge is 0.457 e. The van der Waals surface area contributed by atoms with Gasteiger partial charge >= 0.3 is 0 Å². The summed E-state index contributed by atoms with van der Waals surface area (Å²) in [5, 5.41) is 10.8. The number of nitro groups is 1. The average molecular weight is 498 g/mol. The number of benzene rings is 2. The molecule has 0 N–H and O–H groups in total. The van der Waals surface area contributed by atoms with Gasteiger partial charge in [-0.3, -0.25) is 15.0 Å². The Balaban J connectivity index is 1.09. The SMILES string of the molecule is O=[N+]([O-])c1ccc(Oc2ccc(S(=O)(=O)N3CCN(C45CC6CC(CC(C6)C4)C5)CC3)cc2)cc1. The van der Waals surface area contributed by atoms with Crippen LogP contribution in [0.15, 0.2) is 53.4 Å². The van der Waals surface area contributed by atoms with E-state index in [0.717, 1.165) is 30.8 Å². The molecule has 9 heteroatoms. The quantitative estimate of drug-likeness (QED) is 0.426. The first-order valence-electron chi connectivity index (χ1n) is 12.6. The van der Waals surface area contributed by atoms with Gasteiger partial charge in [-0.2, -0.15) is 4.31 Å². The molecule has 4 aliphatic carbocycles. The van der Waals surface area contributed by atoms with Crippen molar-refractivity contribution >= 4 is 15.7 Å². The predicted molar refractivity (Wildman–Crippen MR) is 131 cm³/mol. The molecule has 1 saturated heterocycles. The molecule has 186 valence electrons. The minimum atomic E-state index is -3.57. The fourth-order valence-corrected chi connectivity index (χ4v) is 8.88. The lowest BCUT2D eigenvalue weighted by Crippen LogP contribution is -2.64. The fourth-order valence-electron chi connectivity index (χ4n) is 7.46. The Kier molecular flexibility index (Phi) is 5.62. The highest BCUT2D eigenvalue weighted by molar-refractivity contribution is 7.89. The Morgan fingerprint density at radius 1 is 0.800 bits per heavy atom. The molecule has 7 rings (SSSR count). The van der Waals surface area contributed by atoms with Gasteiger partial charge in [0.25, 0.3) is 5.69 Å². The number of hydrogen-bond acceptors (Lipinski definition) is 6. The Bertz CT molecular complexity index is 1170. The van der Waals surface area contributed by atoms with Crippen LogP contribution < -0.4 is 4.74 Å². The number of nitro benzene ring substituents is 1. The fraction of sp³-hybridized carbons (Fsp3) is 0.538. The summed E-state index contributed by atoms with van der Waals surface area (Å²) in [6, 6.07) is 12.2. The highest BCUT2D eigenvalue weighted by atomic mass is 32.2. The maximum absolute atomic E-state index is 13.3. The van der Waals surface area contributed by atoms with Crippen molar-refractivity contribution in [1.82, 2.24) is 9.21 Å². The minimum Gasteiger partial charge on any atom is -0.457 e. The molecular formula is C26H31N3O5S. The van der Waals surface area contributed by atoms with Crippen molar-refractivity contribution in [1.29, 1.82) is 0 Å². The van der Waals surface area contributed by atoms with E-state index in [9.17, 15) is 18.5 Å². The van der Waals surface area contributed by atoms with E-state index < -0.39 is 14.9 Å². The Morgan fingerprint density at radius 2 is 1.29 bits per heavy atom. The lowest BCUT2D eigenvalue weighted by molar-refractivity contribution is -0.384. The van der Waals surface area contributed by atoms with E-state index in [0.29, 0.717) is 30.1 Å². The van der Waals surface area contributed by atoms with Crippen molar-refractivity contribution in [2.45, 2.75) is 49.0 Å². The smallest absolute Gasteiger partial charge is 0.269 e. The van der Waals surface area contributed by atoms with E-state index in [2.05, 4.69) is 4.90 Å². The molecule has 1 heterocycles. The number of non-ortho nitro benzene ring substituents is 1. The molecule has 1 aliphatic heterocycles. The van der Waals surface area contributed by atoms with Crippen molar-refractivity contribution in [3.8, 4) is 11.5 Å². The second-order valence-electron chi connectivity index (χ2n) is 10.9. The first-order valence-corrected chi connectivity index (χ1v) is 14.0. The van der Waals surface area contributed by atoms with Gasteiger partial charge in [-0.1, -0.05) is 0 Å². The molecule has 2 aromatic rings. The third-order valence-electron chi connectivity index (χ3n) is 8.66. The number of piperazine rings is 1. The predicted octanol–water partition coefficient (Wildman–Crippen LogP) is 4.66. The van der Waals surface area contributed by atoms with Gasteiger partial charge < -0.3 is 4.74 Å². The molecule has 0 spiro atoms. The number of sulfonamides is 1. The molecule has 2 aromatic carbocycles. The van der Waals surface area contributed by atoms with Gasteiger partial charge in [0.2, 0.25) is 10.0 Å². The van der Waals surface area contributed by atoms with Gasteiger partial charge in [-0.05, 0) is 92.7 Å². The summed E-state index contributed by atoms with van der Waals surface area (Å²) in [4.78, 5) is 13.2. The van der Waals surface area contributed by atoms with E-state index in [1.165, 1.54) is 62.8 Å². The van der Waals surface area contributed by atoms with E-state index in [4.69, 9.17) is 4.74 Å². The van der Waals surface area contributed by atoms with Crippen LogP contribution in [0.25, 0.3) is 0 Å². The lowest BCUT2D eigenvalue weighted by atomic mass is 9.52. The second kappa shape index (κ2) is 8.57. The molecule has 0 aromatic heterocycles. The molecule has 0 unspecified atom stereocenters. The Hall–Kier alpha value is -2.49. The molecule has 4 saturated carbocycles. The zero-order chi connectivity index (χ0) is 24.2. The lowest BCUT2D eigenvalue weighted by Gasteiger charge is -2.61. The summed E-state index contributed by atoms with van der Waals surface area (Å²) >= 11 is 0. The van der Waals surface area contributed by atoms with Crippen LogP contribution in [0.3, 0.4) is 0 Å². The number of hydrogen-bond donors (Lipinski definition) is 0. The standard InChI is InChI=1S/C26H31N3O5S/c30-29(31)22-1-3-23(4-2-22)34-24-5-7-25(8-6-24)35(32,33)28-11-9-27(10-12-28)26-16-19-13-20(17-26)15-21(14-19)18-26/h1-8,19-21H,9-18H2. The third kappa shape index (κ3) is 4.23. The van der Waals surface area contributed by atoms with Crippen molar-refractivity contribution in [2.24, 2.45) is 17.8 Å². The maximum atomic E-state index is 13.3. The molecule has 5 fully saturated rings. The van der Waals surface area contributed by atoms with E-state index in [1.54, 1.807) is 28.6 Å². The highest BCUT2D eigenvalue weighted by Crippen LogP contribution is 2.57. The van der Waals surface area contributed by atoms with Crippen LogP contribution in [0, 0.1) is 27.9 Å². The first-order chi connectivity index (χ1) is 16.8. The normalized spacial score (nSPS) is 30.9. The van der Waals surface area contributed by atoms with Crippen LogP contribution in [0.2, 0.25) is 0 Å². The van der Waals surface area contributed by atoms with Crippen LogP contribution in [-0.4, -0.2) is 54.3 Å². The van der Waals surface area contributed by atoms with Crippen molar-refractivity contribution in [3.05, 3.63) is 58.6 Å². The molecule has 8 nitrogen and oxygen atoms in total. The molecular weight excluding hydrogens is 466 g/mol. The molecule has 35 heavy (non-hydrogen) atoms. The van der Waals surface area contributed by atoms with Crippen LogP contribution in [0.1, 0.15) is 38.5 Å². The minimum absolute atomic E-state index is 0.0120. The molecule has 4 bridgehead atoms. The molecule has 0 atom stereocenters.